The summed E-state index contributed by atoms with van der Waals surface area (Å²) in [5.74, 6) is -0.569. The van der Waals surface area contributed by atoms with Crippen LogP contribution >= 0.6 is 0 Å². The molecule has 6 heteroatoms. The number of anilines is 1. The number of nitrogens with one attached hydrogen (secondary N) is 1. The molecule has 5 rings (SSSR count). The van der Waals surface area contributed by atoms with Gasteiger partial charge in [0.25, 0.3) is 0 Å². The average molecular weight is 386 g/mol. The number of hydrogen-bond donors (Lipinski definition) is 1. The molecule has 29 heavy (non-hydrogen) atoms. The van der Waals surface area contributed by atoms with Crippen molar-refractivity contribution in [1.82, 2.24) is 15.0 Å². The first kappa shape index (κ1) is 17.6. The van der Waals surface area contributed by atoms with Crippen molar-refractivity contribution in [2.75, 3.05) is 5.32 Å². The number of hydrogen-bond acceptors (Lipinski definition) is 3. The van der Waals surface area contributed by atoms with Gasteiger partial charge in [-0.3, -0.25) is 4.79 Å². The lowest BCUT2D eigenvalue weighted by molar-refractivity contribution is -0.116. The lowest BCUT2D eigenvalue weighted by atomic mass is 9.83. The van der Waals surface area contributed by atoms with E-state index in [1.807, 2.05) is 37.3 Å². The fourth-order valence-corrected chi connectivity index (χ4v) is 3.98. The molecule has 1 atom stereocenters. The number of aromatic nitrogens is 3. The molecule has 0 fully saturated rings. The van der Waals surface area contributed by atoms with Gasteiger partial charge in [0.2, 0.25) is 5.91 Å². The Bertz CT molecular complexity index is 1280. The molecular weight excluding hydrogens is 367 g/mol. The Hall–Kier alpha value is -3.54. The molecule has 0 bridgehead atoms. The topological polar surface area (TPSA) is 59.8 Å². The fourth-order valence-electron chi connectivity index (χ4n) is 3.98. The number of para-hydroxylation sites is 1. The van der Waals surface area contributed by atoms with Crippen LogP contribution in [-0.2, 0) is 4.79 Å². The summed E-state index contributed by atoms with van der Waals surface area (Å²) in [6.07, 6.45) is 0.318. The van der Waals surface area contributed by atoms with Gasteiger partial charge in [-0.05, 0) is 66.4 Å². The smallest absolute Gasteiger partial charge is 0.225 e. The molecule has 1 unspecified atom stereocenters. The van der Waals surface area contributed by atoms with Crippen LogP contribution < -0.4 is 5.32 Å². The minimum atomic E-state index is -0.384. The van der Waals surface area contributed by atoms with Gasteiger partial charge in [-0.2, -0.15) is 0 Å². The zero-order valence-electron chi connectivity index (χ0n) is 16.1. The first-order valence-electron chi connectivity index (χ1n) is 9.52. The summed E-state index contributed by atoms with van der Waals surface area (Å²) in [6.45, 7) is 4.08. The Morgan fingerprint density at radius 2 is 1.86 bits per heavy atom. The van der Waals surface area contributed by atoms with E-state index in [1.165, 1.54) is 10.7 Å². The number of benzene rings is 3. The molecular formula is C23H19FN4O. The van der Waals surface area contributed by atoms with Crippen molar-refractivity contribution in [3.8, 4) is 5.69 Å². The summed E-state index contributed by atoms with van der Waals surface area (Å²) < 4.78 is 16.3. The molecule has 1 aromatic heterocycles. The van der Waals surface area contributed by atoms with Gasteiger partial charge >= 0.3 is 0 Å². The van der Waals surface area contributed by atoms with E-state index in [-0.39, 0.29) is 17.6 Å². The summed E-state index contributed by atoms with van der Waals surface area (Å²) in [7, 11) is 0. The molecule has 144 valence electrons. The van der Waals surface area contributed by atoms with Crippen LogP contribution in [0.3, 0.4) is 0 Å². The first-order valence-corrected chi connectivity index (χ1v) is 9.52. The van der Waals surface area contributed by atoms with E-state index in [4.69, 9.17) is 0 Å². The summed E-state index contributed by atoms with van der Waals surface area (Å²) in [5.41, 5.74) is 6.80. The van der Waals surface area contributed by atoms with Gasteiger partial charge in [-0.1, -0.05) is 29.5 Å². The number of rotatable bonds is 2. The summed E-state index contributed by atoms with van der Waals surface area (Å²) >= 11 is 0. The summed E-state index contributed by atoms with van der Waals surface area (Å²) in [6, 6.07) is 16.5. The SMILES string of the molecule is Cc1cc2c(cc1C)C(c1ccc(F)c(-n3nnc4ccccc43)c1)CC(=O)N2. The third-order valence-corrected chi connectivity index (χ3v) is 5.66. The van der Waals surface area contributed by atoms with Gasteiger partial charge in [0.15, 0.2) is 0 Å². The highest BCUT2D eigenvalue weighted by atomic mass is 19.1. The third-order valence-electron chi connectivity index (χ3n) is 5.66. The Balaban J connectivity index is 1.66. The largest absolute Gasteiger partial charge is 0.326 e. The minimum Gasteiger partial charge on any atom is -0.326 e. The van der Waals surface area contributed by atoms with Crippen LogP contribution in [-0.4, -0.2) is 20.9 Å². The fraction of sp³-hybridized carbons (Fsp3) is 0.174. The normalized spacial score (nSPS) is 16.0. The zero-order valence-corrected chi connectivity index (χ0v) is 16.1. The second kappa shape index (κ2) is 6.51. The molecule has 2 heterocycles. The molecule has 1 amide bonds. The molecule has 5 nitrogen and oxygen atoms in total. The first-order chi connectivity index (χ1) is 14.0. The molecule has 0 saturated carbocycles. The van der Waals surface area contributed by atoms with Crippen molar-refractivity contribution in [2.24, 2.45) is 0 Å². The zero-order chi connectivity index (χ0) is 20.1. The predicted octanol–water partition coefficient (Wildman–Crippen LogP) is 4.65. The molecule has 1 aliphatic rings. The van der Waals surface area contributed by atoms with Gasteiger partial charge in [0, 0.05) is 18.0 Å². The van der Waals surface area contributed by atoms with Gasteiger partial charge in [0.1, 0.15) is 17.0 Å². The standard InChI is InChI=1S/C23H19FN4O/c1-13-9-17-16(12-23(29)25-20(17)10-14(13)2)15-7-8-18(24)22(11-15)28-21-6-4-3-5-19(21)26-27-28/h3-11,16H,12H2,1-2H3,(H,25,29). The lowest BCUT2D eigenvalue weighted by Gasteiger charge is -2.27. The van der Waals surface area contributed by atoms with Crippen molar-refractivity contribution in [1.29, 1.82) is 0 Å². The molecule has 1 N–H and O–H groups in total. The van der Waals surface area contributed by atoms with E-state index < -0.39 is 0 Å². The quantitative estimate of drug-likeness (QED) is 0.545. The maximum Gasteiger partial charge on any atom is 0.225 e. The molecule has 4 aromatic rings. The van der Waals surface area contributed by atoms with Crippen molar-refractivity contribution >= 4 is 22.6 Å². The summed E-state index contributed by atoms with van der Waals surface area (Å²) in [4.78, 5) is 12.3. The number of amides is 1. The molecule has 0 radical (unpaired) electrons. The van der Waals surface area contributed by atoms with Gasteiger partial charge in [0.05, 0.1) is 5.52 Å². The van der Waals surface area contributed by atoms with E-state index in [0.29, 0.717) is 17.6 Å². The molecule has 0 spiro atoms. The Labute approximate surface area is 167 Å². The van der Waals surface area contributed by atoms with Crippen molar-refractivity contribution in [2.45, 2.75) is 26.2 Å². The Kier molecular flexibility index (Phi) is 3.94. The van der Waals surface area contributed by atoms with E-state index in [2.05, 4.69) is 28.6 Å². The second-order valence-corrected chi connectivity index (χ2v) is 7.53. The van der Waals surface area contributed by atoms with Crippen LogP contribution in [0.5, 0.6) is 0 Å². The van der Waals surface area contributed by atoms with Crippen LogP contribution in [0, 0.1) is 19.7 Å². The van der Waals surface area contributed by atoms with Crippen LogP contribution in [0.1, 0.15) is 34.6 Å². The Morgan fingerprint density at radius 3 is 2.72 bits per heavy atom. The van der Waals surface area contributed by atoms with Crippen LogP contribution in [0.25, 0.3) is 16.7 Å². The molecule has 0 aliphatic carbocycles. The number of carbonyl (C=O) groups is 1. The highest BCUT2D eigenvalue weighted by Gasteiger charge is 2.28. The van der Waals surface area contributed by atoms with Crippen molar-refractivity contribution in [3.05, 3.63) is 82.7 Å². The maximum absolute atomic E-state index is 14.7. The van der Waals surface area contributed by atoms with Gasteiger partial charge in [-0.25, -0.2) is 9.07 Å². The highest BCUT2D eigenvalue weighted by Crippen LogP contribution is 2.39. The summed E-state index contributed by atoms with van der Waals surface area (Å²) in [5, 5.41) is 11.2. The second-order valence-electron chi connectivity index (χ2n) is 7.53. The highest BCUT2D eigenvalue weighted by molar-refractivity contribution is 5.95. The number of halogens is 1. The molecule has 3 aromatic carbocycles. The van der Waals surface area contributed by atoms with Crippen LogP contribution in [0.2, 0.25) is 0 Å². The third kappa shape index (κ3) is 2.88. The molecule has 0 saturated heterocycles. The number of carbonyl (C=O) groups excluding carboxylic acids is 1. The van der Waals surface area contributed by atoms with Crippen molar-refractivity contribution in [3.63, 3.8) is 0 Å². The van der Waals surface area contributed by atoms with Crippen LogP contribution in [0.15, 0.2) is 54.6 Å². The van der Waals surface area contributed by atoms with Crippen molar-refractivity contribution < 1.29 is 9.18 Å². The predicted molar refractivity (Wildman–Crippen MR) is 110 cm³/mol. The van der Waals surface area contributed by atoms with Gasteiger partial charge in [-0.15, -0.1) is 5.10 Å². The minimum absolute atomic E-state index is 0.0390. The van der Waals surface area contributed by atoms with Gasteiger partial charge < -0.3 is 5.32 Å². The van der Waals surface area contributed by atoms with E-state index in [0.717, 1.165) is 33.5 Å². The number of nitrogens with zero attached hydrogens (tertiary/aromatic N) is 3. The number of fused-ring (bicyclic) bond motifs is 2. The van der Waals surface area contributed by atoms with E-state index >= 15 is 0 Å². The van der Waals surface area contributed by atoms with E-state index in [1.54, 1.807) is 12.1 Å². The number of aryl methyl sites for hydroxylation is 2. The lowest BCUT2D eigenvalue weighted by Crippen LogP contribution is -2.24. The maximum atomic E-state index is 14.7. The molecule has 1 aliphatic heterocycles. The van der Waals surface area contributed by atoms with E-state index in [9.17, 15) is 9.18 Å². The van der Waals surface area contributed by atoms with Crippen LogP contribution in [0.4, 0.5) is 10.1 Å². The Morgan fingerprint density at radius 1 is 1.07 bits per heavy atom. The monoisotopic (exact) mass is 386 g/mol. The average Bonchev–Trinajstić information content (AvgIpc) is 3.13.